The van der Waals surface area contributed by atoms with E-state index in [2.05, 4.69) is 21.6 Å². The number of carbonyl (C=O) groups excluding carboxylic acids is 1. The molecule has 0 spiro atoms. The summed E-state index contributed by atoms with van der Waals surface area (Å²) in [7, 11) is 1.82. The second-order valence-electron chi connectivity index (χ2n) is 6.40. The Balaban J connectivity index is 1.82. The molecule has 2 heterocycles. The first-order valence-electron chi connectivity index (χ1n) is 9.05. The maximum absolute atomic E-state index is 13.1. The number of rotatable bonds is 7. The van der Waals surface area contributed by atoms with E-state index in [1.807, 2.05) is 38.2 Å². The van der Waals surface area contributed by atoms with Crippen molar-refractivity contribution in [1.82, 2.24) is 24.6 Å². The number of likely N-dealkylation sites (N-methyl/N-ethyl adjacent to an activating group) is 1. The second kappa shape index (κ2) is 7.68. The van der Waals surface area contributed by atoms with Crippen molar-refractivity contribution in [1.29, 1.82) is 0 Å². The van der Waals surface area contributed by atoms with E-state index in [0.717, 1.165) is 23.3 Å². The van der Waals surface area contributed by atoms with Gasteiger partial charge < -0.3 is 14.0 Å². The van der Waals surface area contributed by atoms with Gasteiger partial charge in [-0.25, -0.2) is 4.98 Å². The van der Waals surface area contributed by atoms with Gasteiger partial charge in [-0.3, -0.25) is 4.79 Å². The number of aromatic nitrogens is 4. The van der Waals surface area contributed by atoms with E-state index in [1.54, 1.807) is 11.8 Å². The second-order valence-corrected chi connectivity index (χ2v) is 6.40. The normalized spacial score (nSPS) is 12.5. The molecule has 0 bridgehead atoms. The summed E-state index contributed by atoms with van der Waals surface area (Å²) < 4.78 is 7.08. The number of imidazole rings is 1. The zero-order valence-electron chi connectivity index (χ0n) is 15.8. The van der Waals surface area contributed by atoms with Gasteiger partial charge in [0.05, 0.1) is 11.0 Å². The number of hydrogen-bond acceptors (Lipinski definition) is 5. The number of benzene rings is 1. The van der Waals surface area contributed by atoms with Gasteiger partial charge in [0.15, 0.2) is 5.82 Å². The third-order valence-corrected chi connectivity index (χ3v) is 4.59. The fraction of sp³-hybridized carbons (Fsp3) is 0.474. The van der Waals surface area contributed by atoms with E-state index in [4.69, 9.17) is 9.51 Å². The quantitative estimate of drug-likeness (QED) is 0.651. The van der Waals surface area contributed by atoms with Gasteiger partial charge in [-0.1, -0.05) is 31.1 Å². The summed E-state index contributed by atoms with van der Waals surface area (Å²) in [5.74, 6) is 2.18. The molecule has 3 aromatic rings. The van der Waals surface area contributed by atoms with Crippen molar-refractivity contribution in [3.63, 3.8) is 0 Å². The van der Waals surface area contributed by atoms with Crippen LogP contribution in [0.5, 0.6) is 0 Å². The van der Waals surface area contributed by atoms with Crippen LogP contribution in [-0.4, -0.2) is 44.1 Å². The number of aryl methyl sites for hydroxylation is 2. The summed E-state index contributed by atoms with van der Waals surface area (Å²) in [6.45, 7) is 6.40. The molecule has 3 rings (SSSR count). The number of amides is 1. The van der Waals surface area contributed by atoms with Gasteiger partial charge in [0.1, 0.15) is 11.9 Å². The van der Waals surface area contributed by atoms with Crippen molar-refractivity contribution in [2.75, 3.05) is 13.6 Å². The molecule has 0 radical (unpaired) electrons. The summed E-state index contributed by atoms with van der Waals surface area (Å²) in [6, 6.07) is 7.71. The standard InChI is InChI=1S/C19H25N5O2/c1-5-15(19(25)23(4)12-11-17-20-13(3)26-22-17)24-16-10-8-7-9-14(16)21-18(24)6-2/h7-10,15H,5-6,11-12H2,1-4H3/t15-/m0/s1. The first-order chi connectivity index (χ1) is 12.5. The molecule has 0 N–H and O–H groups in total. The summed E-state index contributed by atoms with van der Waals surface area (Å²) >= 11 is 0. The van der Waals surface area contributed by atoms with Crippen LogP contribution in [0.1, 0.15) is 43.8 Å². The molecule has 138 valence electrons. The van der Waals surface area contributed by atoms with Crippen LogP contribution in [0.3, 0.4) is 0 Å². The highest BCUT2D eigenvalue weighted by atomic mass is 16.5. The Hall–Kier alpha value is -2.70. The molecular weight excluding hydrogens is 330 g/mol. The van der Waals surface area contributed by atoms with Crippen LogP contribution in [0, 0.1) is 6.92 Å². The first kappa shape index (κ1) is 18.1. The lowest BCUT2D eigenvalue weighted by atomic mass is 10.1. The lowest BCUT2D eigenvalue weighted by Crippen LogP contribution is -2.36. The molecule has 0 unspecified atom stereocenters. The topological polar surface area (TPSA) is 77.0 Å². The fourth-order valence-electron chi connectivity index (χ4n) is 3.23. The van der Waals surface area contributed by atoms with Crippen molar-refractivity contribution in [2.24, 2.45) is 0 Å². The van der Waals surface area contributed by atoms with Crippen LogP contribution >= 0.6 is 0 Å². The molecule has 0 saturated carbocycles. The minimum atomic E-state index is -0.269. The van der Waals surface area contributed by atoms with E-state index in [1.165, 1.54) is 0 Å². The van der Waals surface area contributed by atoms with E-state index in [0.29, 0.717) is 31.1 Å². The first-order valence-corrected chi connectivity index (χ1v) is 9.05. The van der Waals surface area contributed by atoms with Crippen LogP contribution in [0.25, 0.3) is 11.0 Å². The molecule has 7 heteroatoms. The third kappa shape index (κ3) is 3.47. The average molecular weight is 355 g/mol. The van der Waals surface area contributed by atoms with Crippen molar-refractivity contribution in [3.8, 4) is 0 Å². The smallest absolute Gasteiger partial charge is 0.245 e. The van der Waals surface area contributed by atoms with E-state index in [-0.39, 0.29) is 11.9 Å². The number of nitrogens with zero attached hydrogens (tertiary/aromatic N) is 5. The summed E-state index contributed by atoms with van der Waals surface area (Å²) in [5, 5.41) is 3.89. The minimum absolute atomic E-state index is 0.0746. The Morgan fingerprint density at radius 1 is 1.27 bits per heavy atom. The van der Waals surface area contributed by atoms with Crippen LogP contribution < -0.4 is 0 Å². The van der Waals surface area contributed by atoms with Crippen molar-refractivity contribution >= 4 is 16.9 Å². The van der Waals surface area contributed by atoms with E-state index >= 15 is 0 Å². The van der Waals surface area contributed by atoms with Gasteiger partial charge in [-0.2, -0.15) is 4.98 Å². The van der Waals surface area contributed by atoms with Gasteiger partial charge in [0.2, 0.25) is 11.8 Å². The van der Waals surface area contributed by atoms with Crippen molar-refractivity contribution in [2.45, 2.75) is 46.1 Å². The van der Waals surface area contributed by atoms with Gasteiger partial charge in [0, 0.05) is 33.4 Å². The Morgan fingerprint density at radius 3 is 2.69 bits per heavy atom. The van der Waals surface area contributed by atoms with Crippen LogP contribution in [0.4, 0.5) is 0 Å². The summed E-state index contributed by atoms with van der Waals surface area (Å²) in [5.41, 5.74) is 1.94. The maximum Gasteiger partial charge on any atom is 0.245 e. The van der Waals surface area contributed by atoms with Gasteiger partial charge >= 0.3 is 0 Å². The van der Waals surface area contributed by atoms with Crippen LogP contribution in [-0.2, 0) is 17.6 Å². The number of fused-ring (bicyclic) bond motifs is 1. The molecule has 7 nitrogen and oxygen atoms in total. The Labute approximate surface area is 153 Å². The largest absolute Gasteiger partial charge is 0.344 e. The SMILES string of the molecule is CCc1nc2ccccc2n1[C@@H](CC)C(=O)N(C)CCc1noc(C)n1. The molecule has 0 aliphatic rings. The lowest BCUT2D eigenvalue weighted by molar-refractivity contribution is -0.133. The van der Waals surface area contributed by atoms with Crippen molar-refractivity contribution in [3.05, 3.63) is 41.8 Å². The molecule has 26 heavy (non-hydrogen) atoms. The van der Waals surface area contributed by atoms with Gasteiger partial charge in [-0.05, 0) is 18.6 Å². The highest BCUT2D eigenvalue weighted by Crippen LogP contribution is 2.25. The van der Waals surface area contributed by atoms with Crippen LogP contribution in [0.2, 0.25) is 0 Å². The molecule has 0 aliphatic heterocycles. The molecule has 1 atom stereocenters. The zero-order chi connectivity index (χ0) is 18.7. The molecule has 0 saturated heterocycles. The highest BCUT2D eigenvalue weighted by Gasteiger charge is 2.26. The third-order valence-electron chi connectivity index (χ3n) is 4.59. The monoisotopic (exact) mass is 355 g/mol. The Kier molecular flexibility index (Phi) is 5.35. The van der Waals surface area contributed by atoms with E-state index in [9.17, 15) is 4.79 Å². The van der Waals surface area contributed by atoms with Gasteiger partial charge in [-0.15, -0.1) is 0 Å². The molecule has 1 amide bonds. The molecular formula is C19H25N5O2. The number of para-hydroxylation sites is 2. The predicted octanol–water partition coefficient (Wildman–Crippen LogP) is 2.94. The minimum Gasteiger partial charge on any atom is -0.344 e. The highest BCUT2D eigenvalue weighted by molar-refractivity contribution is 5.84. The summed E-state index contributed by atoms with van der Waals surface area (Å²) in [6.07, 6.45) is 2.06. The molecule has 1 aromatic carbocycles. The lowest BCUT2D eigenvalue weighted by Gasteiger charge is -2.25. The van der Waals surface area contributed by atoms with Crippen molar-refractivity contribution < 1.29 is 9.32 Å². The fourth-order valence-corrected chi connectivity index (χ4v) is 3.23. The Bertz CT molecular complexity index is 898. The summed E-state index contributed by atoms with van der Waals surface area (Å²) in [4.78, 5) is 23.8. The average Bonchev–Trinajstić information content (AvgIpc) is 3.23. The predicted molar refractivity (Wildman–Crippen MR) is 98.8 cm³/mol. The van der Waals surface area contributed by atoms with Gasteiger partial charge in [0.25, 0.3) is 0 Å². The number of hydrogen-bond donors (Lipinski definition) is 0. The zero-order valence-corrected chi connectivity index (χ0v) is 15.8. The molecule has 0 aliphatic carbocycles. The molecule has 2 aromatic heterocycles. The maximum atomic E-state index is 13.1. The number of carbonyl (C=O) groups is 1. The van der Waals surface area contributed by atoms with Crippen LogP contribution in [0.15, 0.2) is 28.8 Å². The van der Waals surface area contributed by atoms with E-state index < -0.39 is 0 Å². The Morgan fingerprint density at radius 2 is 2.04 bits per heavy atom. The molecule has 0 fully saturated rings.